The van der Waals surface area contributed by atoms with Gasteiger partial charge in [-0.2, -0.15) is 0 Å². The smallest absolute Gasteiger partial charge is 0.407 e. The fourth-order valence-corrected chi connectivity index (χ4v) is 14.3. The zero-order valence-corrected chi connectivity index (χ0v) is 92.7. The molecule has 0 aliphatic carbocycles. The number of carbonyl (C=O) groups excluding carboxylic acids is 16. The van der Waals surface area contributed by atoms with Crippen molar-refractivity contribution in [2.24, 2.45) is 32.5 Å². The Morgan fingerprint density at radius 2 is 0.591 bits per heavy atom. The summed E-state index contributed by atoms with van der Waals surface area (Å²) < 4.78 is 16.6. The van der Waals surface area contributed by atoms with E-state index in [0.717, 1.165) is 42.5 Å². The fourth-order valence-electron chi connectivity index (χ4n) is 13.7. The summed E-state index contributed by atoms with van der Waals surface area (Å²) in [4.78, 5) is 206. The van der Waals surface area contributed by atoms with E-state index in [-0.39, 0.29) is 116 Å². The van der Waals surface area contributed by atoms with Crippen LogP contribution < -0.4 is 108 Å². The van der Waals surface area contributed by atoms with Crippen molar-refractivity contribution in [2.45, 2.75) is 290 Å². The van der Waals surface area contributed by atoms with Crippen LogP contribution in [0.15, 0.2) is 88.1 Å². The topological polar surface area (TPSA) is 730 Å². The standard InChI is InChI=1S/C28H43IN8O6.C26H42N8O5.C23H35IN8O4.C22H37N5O4/c1-28(2,3)43-27(42)34-18-20-15-19(17-33-23(38)10-6-8-14-35-37-30)11-12-21(20)25(40)36-22(26(41)31-4)9-5-7-13-32-24(39)16-29;1-26(2,3)39-25(38)31-17-19-15-18(16-30-22(35)10-6-8-14-32-34-28)11-12-20(19)23(36)33-21(24(37)29-4)9-5-7-13-27;1-27-23(36)19(6-2-4-10-28-21(34)13-24)31-22(35)18-9-8-16(12-17(18)14-25)15-29-20(33)7-3-5-11-30-32-26;1-22(2,3)31-21(30)26-14-16-12-15(13-23)9-10-17(16)19(28)27-18(20(29)25-5)8-6-7-11-24-4/h11-12,15,22H,5-10,13-14,16-18H2,1-4H3,(H,31,41)(H,32,39)(H,33,38)(H,34,42)(H,36,40);11-12,15,21H,5-10,13-14,16-17,27H2,1-4H3,(H,29,37)(H,30,35)(H,31,38)(H,33,36);8-9,12,19H,2-7,10-11,13-15,25H2,1H3,(H,27,36)(H,28,34)(H,29,33)(H,31,35);9-10,12,18,24H,6-8,11,13-14,23H2,1-5H3,(H,25,29)(H,26,30)(H,27,28)/t22-;21-;19-;18-/m0000/s1. The van der Waals surface area contributed by atoms with E-state index < -0.39 is 77.0 Å². The summed E-state index contributed by atoms with van der Waals surface area (Å²) in [5, 5.41) is 56.9. The highest BCUT2D eigenvalue weighted by atomic mass is 127. The Morgan fingerprint density at radius 1 is 0.322 bits per heavy atom. The van der Waals surface area contributed by atoms with Crippen molar-refractivity contribution in [3.63, 3.8) is 0 Å². The lowest BCUT2D eigenvalue weighted by molar-refractivity contribution is -0.123. The van der Waals surface area contributed by atoms with Crippen LogP contribution in [0.2, 0.25) is 0 Å². The fraction of sp³-hybridized carbons (Fsp3) is 0.596. The van der Waals surface area contributed by atoms with E-state index in [4.69, 9.17) is 48.0 Å². The molecule has 4 aromatic carbocycles. The number of likely N-dealkylation sites (N-methyl/N-ethyl adjacent to an activating group) is 4. The van der Waals surface area contributed by atoms with Gasteiger partial charge in [-0.15, -0.1) is 0 Å². The Bertz CT molecular complexity index is 5070. The van der Waals surface area contributed by atoms with E-state index in [0.29, 0.717) is 209 Å². The summed E-state index contributed by atoms with van der Waals surface area (Å²) in [6.07, 6.45) is 10.1. The van der Waals surface area contributed by atoms with E-state index in [1.807, 2.05) is 52.2 Å². The summed E-state index contributed by atoms with van der Waals surface area (Å²) in [5.41, 5.74) is 46.5. The van der Waals surface area contributed by atoms with Crippen molar-refractivity contribution in [3.8, 4) is 0 Å². The average molecular weight is 2310 g/mol. The monoisotopic (exact) mass is 2310 g/mol. The molecule has 48 nitrogen and oxygen atoms in total. The molecule has 826 valence electrons. The molecule has 0 heterocycles. The largest absolute Gasteiger partial charge is 0.444 e. The molecule has 4 aromatic rings. The molecule has 0 aliphatic heterocycles. The highest BCUT2D eigenvalue weighted by Crippen LogP contribution is 2.22. The molecule has 0 aromatic heterocycles. The van der Waals surface area contributed by atoms with Gasteiger partial charge in [-0.3, -0.25) is 62.3 Å². The summed E-state index contributed by atoms with van der Waals surface area (Å²) >= 11 is 3.97. The molecule has 0 saturated heterocycles. The predicted octanol–water partition coefficient (Wildman–Crippen LogP) is 9.37. The van der Waals surface area contributed by atoms with Crippen molar-refractivity contribution >= 4 is 140 Å². The van der Waals surface area contributed by atoms with E-state index in [1.165, 1.54) is 21.1 Å². The summed E-state index contributed by atoms with van der Waals surface area (Å²) in [6, 6.07) is 17.4. The SMILES string of the molecule is CNC(=O)[C@H](CCCCN)NC(=O)c1ccc(CNC(=O)CCCCN=[N+]=[N-])cc1CNC(=O)OC(C)(C)C.CNC(=O)[C@H](CCCCNC(=O)CI)NC(=O)c1ccc(CNC(=O)CCCCN=[N+]=[N-])cc1CN.CNC(=O)[C@H](CCCCNC(=O)CI)NC(=O)c1ccc(CNC(=O)CCCCN=[N+]=[N-])cc1CNC(=O)OC(C)(C)C.CNCCCC[C@H](NC(=O)c1ccc(CN)cc1CNC(=O)OC(C)(C)C)C(=O)NC. The number of nitrogens with zero attached hydrogens (tertiary/aromatic N) is 9. The lowest BCUT2D eigenvalue weighted by Crippen LogP contribution is -2.46. The second kappa shape index (κ2) is 77.4. The maximum atomic E-state index is 13.4. The number of alkyl halides is 2. The van der Waals surface area contributed by atoms with Crippen LogP contribution in [-0.4, -0.2) is 226 Å². The Morgan fingerprint density at radius 3 is 0.846 bits per heavy atom. The molecule has 50 heteroatoms. The number of rotatable bonds is 62. The van der Waals surface area contributed by atoms with Crippen LogP contribution in [-0.2, 0) is 110 Å². The number of alkyl carbamates (subject to hydrolysis) is 3. The van der Waals surface area contributed by atoms with Gasteiger partial charge in [0.25, 0.3) is 23.6 Å². The number of nitrogens with one attached hydrogen (secondary N) is 17. The first-order chi connectivity index (χ1) is 70.9. The first kappa shape index (κ1) is 134. The average Bonchev–Trinajstić information content (AvgIpc) is 0.843. The summed E-state index contributed by atoms with van der Waals surface area (Å²) in [6.45, 7) is 20.3. The van der Waals surface area contributed by atoms with Gasteiger partial charge in [0, 0.05) is 170 Å². The number of hydrogen-bond donors (Lipinski definition) is 20. The van der Waals surface area contributed by atoms with Gasteiger partial charge in [0.05, 0.1) is 8.86 Å². The number of nitrogens with two attached hydrogens (primary N) is 3. The molecule has 0 saturated carbocycles. The molecule has 0 aliphatic rings. The van der Waals surface area contributed by atoms with Gasteiger partial charge in [0.2, 0.25) is 53.2 Å². The van der Waals surface area contributed by atoms with E-state index in [1.54, 1.807) is 142 Å². The van der Waals surface area contributed by atoms with Crippen molar-refractivity contribution in [2.75, 3.05) is 89.9 Å². The summed E-state index contributed by atoms with van der Waals surface area (Å²) in [7, 11) is 7.92. The molecule has 16 amide bonds. The molecular formula is C99H157I2N29O19. The Hall–Kier alpha value is -13.0. The second-order valence-electron chi connectivity index (χ2n) is 36.9. The third-order valence-electron chi connectivity index (χ3n) is 21.3. The normalized spacial score (nSPS) is 11.5. The first-order valence-corrected chi connectivity index (χ1v) is 52.6. The minimum atomic E-state index is -0.803. The molecule has 4 atom stereocenters. The highest BCUT2D eigenvalue weighted by molar-refractivity contribution is 14.1. The van der Waals surface area contributed by atoms with Crippen molar-refractivity contribution in [3.05, 3.63) is 171 Å². The summed E-state index contributed by atoms with van der Waals surface area (Å²) in [5.74, 6) is -3.49. The minimum absolute atomic E-state index is 0.00330. The van der Waals surface area contributed by atoms with Crippen LogP contribution in [0.25, 0.3) is 31.3 Å². The zero-order valence-electron chi connectivity index (χ0n) is 88.4. The minimum Gasteiger partial charge on any atom is -0.444 e. The van der Waals surface area contributed by atoms with Crippen LogP contribution in [0, 0.1) is 0 Å². The number of ether oxygens (including phenoxy) is 3. The number of benzene rings is 4. The molecular weight excluding hydrogens is 2150 g/mol. The zero-order chi connectivity index (χ0) is 112. The molecule has 0 radical (unpaired) electrons. The molecule has 149 heavy (non-hydrogen) atoms. The van der Waals surface area contributed by atoms with Gasteiger partial charge in [-0.25, -0.2) is 14.4 Å². The predicted molar refractivity (Wildman–Crippen MR) is 583 cm³/mol. The van der Waals surface area contributed by atoms with Crippen molar-refractivity contribution < 1.29 is 90.9 Å². The first-order valence-electron chi connectivity index (χ1n) is 49.6. The number of carbonyl (C=O) groups is 16. The van der Waals surface area contributed by atoms with Crippen molar-refractivity contribution in [1.29, 1.82) is 0 Å². The van der Waals surface area contributed by atoms with Crippen LogP contribution in [0.1, 0.15) is 283 Å². The molecule has 23 N–H and O–H groups in total. The maximum Gasteiger partial charge on any atom is 0.407 e. The number of halogens is 2. The lowest BCUT2D eigenvalue weighted by atomic mass is 10.0. The van der Waals surface area contributed by atoms with Crippen molar-refractivity contribution in [1.82, 2.24) is 90.4 Å². The quantitative estimate of drug-likeness (QED) is 0.00372. The van der Waals surface area contributed by atoms with Crippen LogP contribution in [0.4, 0.5) is 14.4 Å². The number of unbranched alkanes of at least 4 members (excludes halogenated alkanes) is 7. The van der Waals surface area contributed by atoms with Gasteiger partial charge < -0.3 is 122 Å². The Labute approximate surface area is 899 Å². The molecule has 0 fully saturated rings. The van der Waals surface area contributed by atoms with Gasteiger partial charge in [0.1, 0.15) is 41.0 Å². The van der Waals surface area contributed by atoms with E-state index in [2.05, 4.69) is 120 Å². The number of amides is 16. The van der Waals surface area contributed by atoms with Crippen LogP contribution in [0.3, 0.4) is 0 Å². The second-order valence-corrected chi connectivity index (χ2v) is 38.4. The molecule has 0 bridgehead atoms. The van der Waals surface area contributed by atoms with E-state index >= 15 is 0 Å². The van der Waals surface area contributed by atoms with Crippen LogP contribution in [0.5, 0.6) is 0 Å². The molecule has 0 unspecified atom stereocenters. The van der Waals surface area contributed by atoms with Gasteiger partial charge in [0.15, 0.2) is 0 Å². The Balaban J connectivity index is 0.000000999. The van der Waals surface area contributed by atoms with Gasteiger partial charge in [-0.05, 0) is 283 Å². The van der Waals surface area contributed by atoms with Gasteiger partial charge in [-0.1, -0.05) is 109 Å². The third kappa shape index (κ3) is 62.2. The highest BCUT2D eigenvalue weighted by Gasteiger charge is 2.30. The van der Waals surface area contributed by atoms with Gasteiger partial charge >= 0.3 is 18.3 Å². The number of hydrogen-bond acceptors (Lipinski definition) is 26. The lowest BCUT2D eigenvalue weighted by Gasteiger charge is -2.21. The third-order valence-corrected chi connectivity index (χ3v) is 22.7. The van der Waals surface area contributed by atoms with Crippen LogP contribution >= 0.6 is 45.2 Å². The van der Waals surface area contributed by atoms with E-state index in [9.17, 15) is 76.7 Å². The number of azide groups is 3. The Kier molecular flexibility index (Phi) is 69.6. The molecule has 4 rings (SSSR count). The maximum absolute atomic E-state index is 13.4. The molecule has 0 spiro atoms.